The molecule has 0 aromatic heterocycles. The molecular weight excluding hydrogens is 458 g/mol. The lowest BCUT2D eigenvalue weighted by atomic mass is 9.97. The first-order valence-corrected chi connectivity index (χ1v) is 8.26. The van der Waals surface area contributed by atoms with Gasteiger partial charge in [-0.05, 0) is 85.6 Å². The Morgan fingerprint density at radius 3 is 2.37 bits per heavy atom. The monoisotopic (exact) mass is 470 g/mol. The van der Waals surface area contributed by atoms with Crippen LogP contribution in [0.2, 0.25) is 0 Å². The van der Waals surface area contributed by atoms with Crippen molar-refractivity contribution in [2.45, 2.75) is 6.92 Å². The van der Waals surface area contributed by atoms with Gasteiger partial charge >= 0.3 is 0 Å². The fourth-order valence-electron chi connectivity index (χ4n) is 2.38. The van der Waals surface area contributed by atoms with Crippen LogP contribution in [-0.2, 0) is 0 Å². The summed E-state index contributed by atoms with van der Waals surface area (Å²) < 4.78 is 2.65. The Kier molecular flexibility index (Phi) is 3.80. The second kappa shape index (κ2) is 5.40. The molecule has 19 heavy (non-hydrogen) atoms. The van der Waals surface area contributed by atoms with Crippen LogP contribution in [-0.4, -0.2) is 0 Å². The van der Waals surface area contributed by atoms with Crippen LogP contribution < -0.4 is 0 Å². The van der Waals surface area contributed by atoms with Gasteiger partial charge in [0, 0.05) is 7.14 Å². The third kappa shape index (κ3) is 2.52. The predicted molar refractivity (Wildman–Crippen MR) is 99.6 cm³/mol. The summed E-state index contributed by atoms with van der Waals surface area (Å²) in [5, 5.41) is 2.62. The second-order valence-electron chi connectivity index (χ2n) is 4.63. The first kappa shape index (κ1) is 13.4. The van der Waals surface area contributed by atoms with E-state index in [0.717, 1.165) is 0 Å². The van der Waals surface area contributed by atoms with Crippen molar-refractivity contribution in [2.24, 2.45) is 0 Å². The van der Waals surface area contributed by atoms with Gasteiger partial charge in [-0.1, -0.05) is 48.5 Å². The fraction of sp³-hybridized carbons (Fsp3) is 0.0588. The van der Waals surface area contributed by atoms with Gasteiger partial charge in [0.2, 0.25) is 0 Å². The molecule has 0 bridgehead atoms. The number of aryl methyl sites for hydroxylation is 1. The van der Waals surface area contributed by atoms with E-state index in [1.54, 1.807) is 0 Å². The minimum absolute atomic E-state index is 1.30. The molecule has 3 aromatic carbocycles. The largest absolute Gasteiger partial charge is 0.0616 e. The topological polar surface area (TPSA) is 0 Å². The van der Waals surface area contributed by atoms with E-state index in [4.69, 9.17) is 0 Å². The van der Waals surface area contributed by atoms with Crippen molar-refractivity contribution < 1.29 is 0 Å². The number of fused-ring (bicyclic) bond motifs is 1. The van der Waals surface area contributed by atoms with Gasteiger partial charge in [0.1, 0.15) is 0 Å². The number of halogens is 2. The zero-order valence-electron chi connectivity index (χ0n) is 10.5. The Hall–Kier alpha value is -0.620. The minimum atomic E-state index is 1.30. The predicted octanol–water partition coefficient (Wildman–Crippen LogP) is 6.02. The van der Waals surface area contributed by atoms with Crippen molar-refractivity contribution in [3.8, 4) is 11.1 Å². The van der Waals surface area contributed by atoms with Crippen LogP contribution in [0.3, 0.4) is 0 Å². The minimum Gasteiger partial charge on any atom is -0.0616 e. The standard InChI is InChI=1S/C17H12I2/c1-11-9-15(17(19)16(18)10-11)14-8-4-6-12-5-2-3-7-13(12)14/h2-10H,1H3. The van der Waals surface area contributed by atoms with Crippen molar-refractivity contribution in [3.63, 3.8) is 0 Å². The average Bonchev–Trinajstić information content (AvgIpc) is 2.42. The molecule has 0 unspecified atom stereocenters. The first-order chi connectivity index (χ1) is 9.16. The van der Waals surface area contributed by atoms with Gasteiger partial charge in [-0.25, -0.2) is 0 Å². The molecule has 0 saturated heterocycles. The Labute approximate surface area is 140 Å². The Bertz CT molecular complexity index is 755. The quantitative estimate of drug-likeness (QED) is 0.382. The highest BCUT2D eigenvalue weighted by atomic mass is 127. The maximum Gasteiger partial charge on any atom is 0.0342 e. The summed E-state index contributed by atoms with van der Waals surface area (Å²) in [5.74, 6) is 0. The molecule has 2 heteroatoms. The molecule has 3 rings (SSSR count). The summed E-state index contributed by atoms with van der Waals surface area (Å²) in [6.07, 6.45) is 0. The van der Waals surface area contributed by atoms with Crippen LogP contribution in [0.5, 0.6) is 0 Å². The summed E-state index contributed by atoms with van der Waals surface area (Å²) in [4.78, 5) is 0. The van der Waals surface area contributed by atoms with Gasteiger partial charge in [0.15, 0.2) is 0 Å². The van der Waals surface area contributed by atoms with E-state index in [-0.39, 0.29) is 0 Å². The van der Waals surface area contributed by atoms with E-state index in [0.29, 0.717) is 0 Å². The summed E-state index contributed by atoms with van der Waals surface area (Å²) in [5.41, 5.74) is 3.97. The van der Waals surface area contributed by atoms with E-state index in [9.17, 15) is 0 Å². The van der Waals surface area contributed by atoms with Crippen molar-refractivity contribution >= 4 is 56.0 Å². The summed E-state index contributed by atoms with van der Waals surface area (Å²) in [7, 11) is 0. The van der Waals surface area contributed by atoms with Crippen LogP contribution in [0.15, 0.2) is 54.6 Å². The van der Waals surface area contributed by atoms with Crippen LogP contribution in [0, 0.1) is 14.1 Å². The van der Waals surface area contributed by atoms with Crippen molar-refractivity contribution in [2.75, 3.05) is 0 Å². The van der Waals surface area contributed by atoms with Gasteiger partial charge in [-0.3, -0.25) is 0 Å². The Morgan fingerprint density at radius 1 is 0.789 bits per heavy atom. The smallest absolute Gasteiger partial charge is 0.0342 e. The molecule has 0 N–H and O–H groups in total. The van der Waals surface area contributed by atoms with Crippen LogP contribution in [0.4, 0.5) is 0 Å². The van der Waals surface area contributed by atoms with Crippen LogP contribution in [0.1, 0.15) is 5.56 Å². The normalized spacial score (nSPS) is 10.9. The third-order valence-corrected chi connectivity index (χ3v) is 6.30. The van der Waals surface area contributed by atoms with Gasteiger partial charge in [-0.2, -0.15) is 0 Å². The Balaban J connectivity index is 2.37. The molecule has 0 radical (unpaired) electrons. The molecule has 0 saturated carbocycles. The first-order valence-electron chi connectivity index (χ1n) is 6.10. The molecule has 3 aromatic rings. The van der Waals surface area contributed by atoms with Gasteiger partial charge < -0.3 is 0 Å². The molecular formula is C17H12I2. The lowest BCUT2D eigenvalue weighted by molar-refractivity contribution is 1.42. The molecule has 0 fully saturated rings. The van der Waals surface area contributed by atoms with Crippen molar-refractivity contribution in [1.29, 1.82) is 0 Å². The molecule has 0 amide bonds. The summed E-state index contributed by atoms with van der Waals surface area (Å²) >= 11 is 4.87. The molecule has 0 aliphatic heterocycles. The zero-order chi connectivity index (χ0) is 13.4. The molecule has 0 heterocycles. The van der Waals surface area contributed by atoms with Crippen LogP contribution >= 0.6 is 45.2 Å². The maximum absolute atomic E-state index is 2.45. The average molecular weight is 470 g/mol. The molecule has 0 aliphatic rings. The van der Waals surface area contributed by atoms with Gasteiger partial charge in [0.25, 0.3) is 0 Å². The Morgan fingerprint density at radius 2 is 1.53 bits per heavy atom. The lowest BCUT2D eigenvalue weighted by Crippen LogP contribution is -1.90. The highest BCUT2D eigenvalue weighted by Gasteiger charge is 2.10. The SMILES string of the molecule is Cc1cc(I)c(I)c(-c2cccc3ccccc23)c1. The molecule has 0 aliphatic carbocycles. The number of hydrogen-bond donors (Lipinski definition) is 0. The number of benzene rings is 3. The second-order valence-corrected chi connectivity index (χ2v) is 6.88. The third-order valence-electron chi connectivity index (χ3n) is 3.25. The van der Waals surface area contributed by atoms with Crippen LogP contribution in [0.25, 0.3) is 21.9 Å². The molecule has 94 valence electrons. The lowest BCUT2D eigenvalue weighted by Gasteiger charge is -2.11. The van der Waals surface area contributed by atoms with Gasteiger partial charge in [0.05, 0.1) is 0 Å². The molecule has 0 nitrogen and oxygen atoms in total. The highest BCUT2D eigenvalue weighted by molar-refractivity contribution is 14.1. The molecule has 0 atom stereocenters. The number of hydrogen-bond acceptors (Lipinski definition) is 0. The van der Waals surface area contributed by atoms with E-state index in [2.05, 4.69) is 107 Å². The van der Waals surface area contributed by atoms with E-state index >= 15 is 0 Å². The maximum atomic E-state index is 2.45. The fourth-order valence-corrected chi connectivity index (χ4v) is 3.76. The van der Waals surface area contributed by atoms with E-state index < -0.39 is 0 Å². The summed E-state index contributed by atoms with van der Waals surface area (Å²) in [6, 6.07) is 19.6. The van der Waals surface area contributed by atoms with E-state index in [1.165, 1.54) is 34.6 Å². The van der Waals surface area contributed by atoms with Gasteiger partial charge in [-0.15, -0.1) is 0 Å². The van der Waals surface area contributed by atoms with E-state index in [1.807, 2.05) is 0 Å². The van der Waals surface area contributed by atoms with Crippen molar-refractivity contribution in [3.05, 3.63) is 67.3 Å². The number of rotatable bonds is 1. The summed E-state index contributed by atoms with van der Waals surface area (Å²) in [6.45, 7) is 2.16. The molecule has 0 spiro atoms. The highest BCUT2D eigenvalue weighted by Crippen LogP contribution is 2.34. The zero-order valence-corrected chi connectivity index (χ0v) is 14.8. The van der Waals surface area contributed by atoms with Crippen molar-refractivity contribution in [1.82, 2.24) is 0 Å².